The predicted octanol–water partition coefficient (Wildman–Crippen LogP) is 2.99. The molecule has 3 heteroatoms. The van der Waals surface area contributed by atoms with Crippen LogP contribution in [0, 0.1) is 0 Å². The van der Waals surface area contributed by atoms with Gasteiger partial charge in [-0.05, 0) is 13.0 Å². The molecule has 0 atom stereocenters. The SMILES string of the molecule is CCOc1cccc(CBr)c1OC. The Bertz CT molecular complexity index is 274. The zero-order valence-corrected chi connectivity index (χ0v) is 9.43. The van der Waals surface area contributed by atoms with Crippen molar-refractivity contribution in [2.75, 3.05) is 13.7 Å². The second kappa shape index (κ2) is 5.12. The summed E-state index contributed by atoms with van der Waals surface area (Å²) in [5.74, 6) is 1.63. The van der Waals surface area contributed by atoms with Crippen LogP contribution in [0.5, 0.6) is 11.5 Å². The molecule has 0 spiro atoms. The Balaban J connectivity index is 3.03. The molecule has 0 aliphatic rings. The van der Waals surface area contributed by atoms with Crippen LogP contribution in [-0.4, -0.2) is 13.7 Å². The first kappa shape index (κ1) is 10.4. The Morgan fingerprint density at radius 2 is 2.15 bits per heavy atom. The molecule has 1 rings (SSSR count). The van der Waals surface area contributed by atoms with Crippen molar-refractivity contribution in [2.24, 2.45) is 0 Å². The van der Waals surface area contributed by atoms with E-state index >= 15 is 0 Å². The van der Waals surface area contributed by atoms with E-state index in [1.165, 1.54) is 0 Å². The van der Waals surface area contributed by atoms with Gasteiger partial charge in [-0.2, -0.15) is 0 Å². The van der Waals surface area contributed by atoms with Crippen molar-refractivity contribution < 1.29 is 9.47 Å². The summed E-state index contributed by atoms with van der Waals surface area (Å²) in [5, 5.41) is 0.775. The molecule has 0 aliphatic heterocycles. The van der Waals surface area contributed by atoms with Gasteiger partial charge in [0.1, 0.15) is 0 Å². The Morgan fingerprint density at radius 3 is 2.69 bits per heavy atom. The third-order valence-electron chi connectivity index (χ3n) is 1.71. The fourth-order valence-electron chi connectivity index (χ4n) is 1.17. The van der Waals surface area contributed by atoms with Gasteiger partial charge in [-0.25, -0.2) is 0 Å². The summed E-state index contributed by atoms with van der Waals surface area (Å²) in [6.45, 7) is 2.61. The lowest BCUT2D eigenvalue weighted by Gasteiger charge is -2.11. The minimum absolute atomic E-state index is 0.655. The van der Waals surface area contributed by atoms with Gasteiger partial charge in [-0.15, -0.1) is 0 Å². The molecular formula is C10H13BrO2. The lowest BCUT2D eigenvalue weighted by atomic mass is 10.2. The normalized spacial score (nSPS) is 9.77. The van der Waals surface area contributed by atoms with Crippen molar-refractivity contribution in [3.63, 3.8) is 0 Å². The Morgan fingerprint density at radius 1 is 1.38 bits per heavy atom. The zero-order valence-electron chi connectivity index (χ0n) is 7.84. The molecule has 0 saturated carbocycles. The van der Waals surface area contributed by atoms with Crippen LogP contribution in [0.25, 0.3) is 0 Å². The monoisotopic (exact) mass is 244 g/mol. The summed E-state index contributed by atoms with van der Waals surface area (Å²) in [5.41, 5.74) is 1.11. The van der Waals surface area contributed by atoms with Gasteiger partial charge in [0.25, 0.3) is 0 Å². The first-order valence-corrected chi connectivity index (χ1v) is 5.30. The van der Waals surface area contributed by atoms with Crippen molar-refractivity contribution in [3.8, 4) is 11.5 Å². The van der Waals surface area contributed by atoms with Crippen molar-refractivity contribution in [3.05, 3.63) is 23.8 Å². The molecule has 0 aromatic heterocycles. The lowest BCUT2D eigenvalue weighted by Crippen LogP contribution is -1.97. The van der Waals surface area contributed by atoms with Gasteiger partial charge < -0.3 is 9.47 Å². The van der Waals surface area contributed by atoms with Crippen molar-refractivity contribution >= 4 is 15.9 Å². The van der Waals surface area contributed by atoms with Crippen LogP contribution in [0.3, 0.4) is 0 Å². The van der Waals surface area contributed by atoms with Crippen molar-refractivity contribution in [1.82, 2.24) is 0 Å². The number of hydrogen-bond donors (Lipinski definition) is 0. The molecule has 1 aromatic rings. The van der Waals surface area contributed by atoms with Gasteiger partial charge in [0, 0.05) is 10.9 Å². The summed E-state index contributed by atoms with van der Waals surface area (Å²) >= 11 is 3.40. The van der Waals surface area contributed by atoms with Gasteiger partial charge in [0.05, 0.1) is 13.7 Å². The molecule has 0 heterocycles. The average molecular weight is 245 g/mol. The second-order valence-corrected chi connectivity index (χ2v) is 3.08. The maximum absolute atomic E-state index is 5.42. The number of methoxy groups -OCH3 is 1. The maximum atomic E-state index is 5.42. The molecule has 0 fully saturated rings. The van der Waals surface area contributed by atoms with E-state index in [1.807, 2.05) is 25.1 Å². The van der Waals surface area contributed by atoms with Gasteiger partial charge in [-0.3, -0.25) is 0 Å². The molecule has 0 amide bonds. The largest absolute Gasteiger partial charge is 0.493 e. The minimum atomic E-state index is 0.655. The molecule has 0 bridgehead atoms. The van der Waals surface area contributed by atoms with Crippen LogP contribution in [-0.2, 0) is 5.33 Å². The third-order valence-corrected chi connectivity index (χ3v) is 2.31. The first-order chi connectivity index (χ1) is 6.33. The van der Waals surface area contributed by atoms with Crippen LogP contribution in [0.1, 0.15) is 12.5 Å². The van der Waals surface area contributed by atoms with E-state index in [1.54, 1.807) is 7.11 Å². The van der Waals surface area contributed by atoms with E-state index in [2.05, 4.69) is 15.9 Å². The highest BCUT2D eigenvalue weighted by Crippen LogP contribution is 2.32. The Labute approximate surface area is 87.0 Å². The number of ether oxygens (including phenoxy) is 2. The predicted molar refractivity (Wildman–Crippen MR) is 56.8 cm³/mol. The Hall–Kier alpha value is -0.700. The Kier molecular flexibility index (Phi) is 4.09. The molecular weight excluding hydrogens is 232 g/mol. The smallest absolute Gasteiger partial charge is 0.164 e. The number of rotatable bonds is 4. The molecule has 72 valence electrons. The maximum Gasteiger partial charge on any atom is 0.164 e. The molecule has 0 saturated heterocycles. The molecule has 0 radical (unpaired) electrons. The van der Waals surface area contributed by atoms with Gasteiger partial charge in [0.15, 0.2) is 11.5 Å². The van der Waals surface area contributed by atoms with Crippen molar-refractivity contribution in [2.45, 2.75) is 12.3 Å². The van der Waals surface area contributed by atoms with Gasteiger partial charge in [0.2, 0.25) is 0 Å². The third kappa shape index (κ3) is 2.37. The lowest BCUT2D eigenvalue weighted by molar-refractivity contribution is 0.309. The average Bonchev–Trinajstić information content (AvgIpc) is 2.18. The standard InChI is InChI=1S/C10H13BrO2/c1-3-13-9-6-4-5-8(7-11)10(9)12-2/h4-6H,3,7H2,1-2H3. The van der Waals surface area contributed by atoms with Crippen LogP contribution >= 0.6 is 15.9 Å². The molecule has 2 nitrogen and oxygen atoms in total. The number of alkyl halides is 1. The fraction of sp³-hybridized carbons (Fsp3) is 0.400. The number of hydrogen-bond acceptors (Lipinski definition) is 2. The van der Waals surface area contributed by atoms with Gasteiger partial charge in [-0.1, -0.05) is 28.1 Å². The van der Waals surface area contributed by atoms with E-state index < -0.39 is 0 Å². The molecule has 1 aromatic carbocycles. The number of para-hydroxylation sites is 1. The van der Waals surface area contributed by atoms with Crippen LogP contribution < -0.4 is 9.47 Å². The first-order valence-electron chi connectivity index (χ1n) is 4.18. The van der Waals surface area contributed by atoms with Gasteiger partial charge >= 0.3 is 0 Å². The highest BCUT2D eigenvalue weighted by molar-refractivity contribution is 9.08. The summed E-state index contributed by atoms with van der Waals surface area (Å²) in [6, 6.07) is 5.88. The van der Waals surface area contributed by atoms with E-state index in [4.69, 9.17) is 9.47 Å². The zero-order chi connectivity index (χ0) is 9.68. The van der Waals surface area contributed by atoms with E-state index in [-0.39, 0.29) is 0 Å². The summed E-state index contributed by atoms with van der Waals surface area (Å²) in [7, 11) is 1.66. The molecule has 0 aliphatic carbocycles. The number of halogens is 1. The van der Waals surface area contributed by atoms with Crippen LogP contribution in [0.4, 0.5) is 0 Å². The topological polar surface area (TPSA) is 18.5 Å². The highest BCUT2D eigenvalue weighted by Gasteiger charge is 2.07. The minimum Gasteiger partial charge on any atom is -0.493 e. The summed E-state index contributed by atoms with van der Waals surface area (Å²) < 4.78 is 10.7. The van der Waals surface area contributed by atoms with Crippen LogP contribution in [0.2, 0.25) is 0 Å². The van der Waals surface area contributed by atoms with Crippen LogP contribution in [0.15, 0.2) is 18.2 Å². The quantitative estimate of drug-likeness (QED) is 0.759. The second-order valence-electron chi connectivity index (χ2n) is 2.52. The molecule has 0 N–H and O–H groups in total. The molecule has 0 unspecified atom stereocenters. The van der Waals surface area contributed by atoms with E-state index in [0.29, 0.717) is 6.61 Å². The van der Waals surface area contributed by atoms with E-state index in [9.17, 15) is 0 Å². The van der Waals surface area contributed by atoms with Crippen molar-refractivity contribution in [1.29, 1.82) is 0 Å². The highest BCUT2D eigenvalue weighted by atomic mass is 79.9. The molecule has 13 heavy (non-hydrogen) atoms. The summed E-state index contributed by atoms with van der Waals surface area (Å²) in [6.07, 6.45) is 0. The van der Waals surface area contributed by atoms with E-state index in [0.717, 1.165) is 22.4 Å². The fourth-order valence-corrected chi connectivity index (χ4v) is 1.61. The summed E-state index contributed by atoms with van der Waals surface area (Å²) in [4.78, 5) is 0. The number of benzene rings is 1.